The van der Waals surface area contributed by atoms with Crippen LogP contribution in [0.5, 0.6) is 0 Å². The maximum atomic E-state index is 10.4. The Morgan fingerprint density at radius 3 is 2.41 bits per heavy atom. The molecular weight excluding hydrogens is 508 g/mol. The van der Waals surface area contributed by atoms with Crippen molar-refractivity contribution in [2.24, 2.45) is 0 Å². The summed E-state index contributed by atoms with van der Waals surface area (Å²) in [6.45, 7) is 0.254. The van der Waals surface area contributed by atoms with Crippen molar-refractivity contribution in [3.05, 3.63) is 26.6 Å². The van der Waals surface area contributed by atoms with Gasteiger partial charge in [0.25, 0.3) is 0 Å². The fourth-order valence-electron chi connectivity index (χ4n) is 4.20. The van der Waals surface area contributed by atoms with Crippen LogP contribution >= 0.6 is 31.9 Å². The second-order valence-electron chi connectivity index (χ2n) is 8.02. The van der Waals surface area contributed by atoms with E-state index in [-0.39, 0.29) is 0 Å². The van der Waals surface area contributed by atoms with Crippen LogP contribution in [-0.4, -0.2) is 75.7 Å². The number of hydrogen-bond donors (Lipinski definition) is 5. The van der Waals surface area contributed by atoms with Crippen LogP contribution in [-0.2, 0) is 11.3 Å². The number of aliphatic hydroxyl groups excluding tert-OH is 4. The van der Waals surface area contributed by atoms with E-state index in [9.17, 15) is 20.4 Å². The zero-order valence-corrected chi connectivity index (χ0v) is 19.6. The smallest absolute Gasteiger partial charge is 0.157 e. The Labute approximate surface area is 188 Å². The number of hydrogen-bond acceptors (Lipinski definition) is 7. The quantitative estimate of drug-likeness (QED) is 0.379. The number of nitrogens with zero attached hydrogens (tertiary/aromatic N) is 1. The van der Waals surface area contributed by atoms with Gasteiger partial charge in [0.15, 0.2) is 6.23 Å². The molecule has 7 nitrogen and oxygen atoms in total. The molecule has 9 heteroatoms. The Morgan fingerprint density at radius 1 is 1.07 bits per heavy atom. The number of rotatable bonds is 6. The number of benzene rings is 1. The zero-order valence-electron chi connectivity index (χ0n) is 16.5. The van der Waals surface area contributed by atoms with Crippen molar-refractivity contribution in [3.8, 4) is 0 Å². The van der Waals surface area contributed by atoms with E-state index < -0.39 is 37.3 Å². The first-order valence-corrected chi connectivity index (χ1v) is 11.7. The van der Waals surface area contributed by atoms with Crippen LogP contribution in [0.3, 0.4) is 0 Å². The van der Waals surface area contributed by atoms with Crippen LogP contribution < -0.4 is 5.32 Å². The first-order valence-electron chi connectivity index (χ1n) is 10.1. The Kier molecular flexibility index (Phi) is 8.37. The number of anilines is 1. The number of aliphatic hydroxyl groups is 4. The molecule has 1 heterocycles. The fourth-order valence-corrected chi connectivity index (χ4v) is 5.62. The van der Waals surface area contributed by atoms with Gasteiger partial charge in [-0.25, -0.2) is 0 Å². The molecule has 1 saturated heterocycles. The maximum Gasteiger partial charge on any atom is 0.157 e. The van der Waals surface area contributed by atoms with Crippen molar-refractivity contribution >= 4 is 37.5 Å². The van der Waals surface area contributed by atoms with Gasteiger partial charge in [-0.15, -0.1) is 0 Å². The van der Waals surface area contributed by atoms with Gasteiger partial charge in [0.1, 0.15) is 24.4 Å². The molecule has 0 radical (unpaired) electrons. The van der Waals surface area contributed by atoms with Gasteiger partial charge in [-0.05, 0) is 53.5 Å². The molecule has 5 N–H and O–H groups in total. The normalized spacial score (nSPS) is 31.2. The van der Waals surface area contributed by atoms with E-state index in [4.69, 9.17) is 4.74 Å². The largest absolute Gasteiger partial charge is 0.394 e. The Bertz CT molecular complexity index is 687. The monoisotopic (exact) mass is 536 g/mol. The number of halogens is 2. The van der Waals surface area contributed by atoms with Gasteiger partial charge in [-0.1, -0.05) is 35.2 Å². The van der Waals surface area contributed by atoms with E-state index in [0.29, 0.717) is 12.6 Å². The molecular formula is C20H30Br2N2O5. The van der Waals surface area contributed by atoms with Crippen molar-refractivity contribution in [1.29, 1.82) is 0 Å². The molecule has 0 amide bonds. The van der Waals surface area contributed by atoms with Gasteiger partial charge >= 0.3 is 0 Å². The summed E-state index contributed by atoms with van der Waals surface area (Å²) in [5.74, 6) is 0. The van der Waals surface area contributed by atoms with E-state index in [0.717, 1.165) is 20.2 Å². The van der Waals surface area contributed by atoms with Crippen molar-refractivity contribution < 1.29 is 25.2 Å². The van der Waals surface area contributed by atoms with Crippen molar-refractivity contribution in [2.45, 2.75) is 75.3 Å². The molecule has 1 aromatic carbocycles. The Morgan fingerprint density at radius 2 is 1.76 bits per heavy atom. The van der Waals surface area contributed by atoms with Crippen molar-refractivity contribution in [1.82, 2.24) is 4.90 Å². The lowest BCUT2D eigenvalue weighted by molar-refractivity contribution is -0.221. The van der Waals surface area contributed by atoms with E-state index in [1.807, 2.05) is 12.1 Å². The average molecular weight is 538 g/mol. The molecule has 1 unspecified atom stereocenters. The maximum absolute atomic E-state index is 10.4. The highest BCUT2D eigenvalue weighted by atomic mass is 79.9. The predicted octanol–water partition coefficient (Wildman–Crippen LogP) is 2.19. The van der Waals surface area contributed by atoms with Crippen LogP contribution in [0.4, 0.5) is 5.69 Å². The molecule has 0 bridgehead atoms. The minimum Gasteiger partial charge on any atom is -0.394 e. The summed E-state index contributed by atoms with van der Waals surface area (Å²) >= 11 is 7.13. The first kappa shape index (κ1) is 23.4. The van der Waals surface area contributed by atoms with Gasteiger partial charge in [0, 0.05) is 21.5 Å². The minimum atomic E-state index is -1.42. The first-order chi connectivity index (χ1) is 13.8. The lowest BCUT2D eigenvalue weighted by Crippen LogP contribution is -2.60. The molecule has 29 heavy (non-hydrogen) atoms. The third-order valence-electron chi connectivity index (χ3n) is 5.93. The highest BCUT2D eigenvalue weighted by Crippen LogP contribution is 2.35. The average Bonchev–Trinajstić information content (AvgIpc) is 2.71. The molecule has 1 aliphatic carbocycles. The Hall–Kier alpha value is -0.260. The standard InChI is InChI=1S/C20H30Br2N2O5/c1-24(13-5-3-2-4-6-13)9-11-7-12(21)8-14(22)16(11)23-20-19(28)18(27)17(26)15(10-25)29-20/h7-8,13,15,17-20,23,25-28H,2-6,9-10H2,1H3/t15-,17-,18+,19-,20?/m0/s1. The SMILES string of the molecule is CN(Cc1cc(Br)cc(Br)c1NC1O[C@@H](CO)[C@H](O)[C@@H](O)[C@@H]1O)C1CCCCC1. The summed E-state index contributed by atoms with van der Waals surface area (Å²) in [6, 6.07) is 4.47. The zero-order chi connectivity index (χ0) is 21.1. The summed E-state index contributed by atoms with van der Waals surface area (Å²) in [5.41, 5.74) is 1.76. The summed E-state index contributed by atoms with van der Waals surface area (Å²) < 4.78 is 7.34. The molecule has 0 aromatic heterocycles. The molecule has 5 atom stereocenters. The topological polar surface area (TPSA) is 105 Å². The third-order valence-corrected chi connectivity index (χ3v) is 7.02. The minimum absolute atomic E-state index is 0.456. The molecule has 2 aliphatic rings. The van der Waals surface area contributed by atoms with Crippen LogP contribution in [0, 0.1) is 0 Å². The summed E-state index contributed by atoms with van der Waals surface area (Å²) in [6.07, 6.45) is 0.154. The van der Waals surface area contributed by atoms with Crippen molar-refractivity contribution in [2.75, 3.05) is 19.0 Å². The van der Waals surface area contributed by atoms with Gasteiger partial charge in [0.05, 0.1) is 12.3 Å². The van der Waals surface area contributed by atoms with E-state index in [1.54, 1.807) is 0 Å². The molecule has 1 aromatic rings. The molecule has 1 saturated carbocycles. The van der Waals surface area contributed by atoms with Crippen molar-refractivity contribution in [3.63, 3.8) is 0 Å². The molecule has 2 fully saturated rings. The second-order valence-corrected chi connectivity index (χ2v) is 9.79. The van der Waals surface area contributed by atoms with Gasteiger partial charge in [-0.2, -0.15) is 0 Å². The predicted molar refractivity (Wildman–Crippen MR) is 118 cm³/mol. The molecule has 164 valence electrons. The molecule has 0 spiro atoms. The third kappa shape index (κ3) is 5.51. The van der Waals surface area contributed by atoms with Crippen LogP contribution in [0.15, 0.2) is 21.1 Å². The van der Waals surface area contributed by atoms with E-state index in [1.165, 1.54) is 32.1 Å². The number of nitrogens with one attached hydrogen (secondary N) is 1. The summed E-state index contributed by atoms with van der Waals surface area (Å²) in [7, 11) is 2.13. The van der Waals surface area contributed by atoms with E-state index in [2.05, 4.69) is 49.1 Å². The fraction of sp³-hybridized carbons (Fsp3) is 0.700. The van der Waals surface area contributed by atoms with Gasteiger partial charge in [-0.3, -0.25) is 4.90 Å². The lowest BCUT2D eigenvalue weighted by Gasteiger charge is -2.41. The van der Waals surface area contributed by atoms with Crippen LogP contribution in [0.2, 0.25) is 0 Å². The highest BCUT2D eigenvalue weighted by Gasteiger charge is 2.43. The van der Waals surface area contributed by atoms with Crippen LogP contribution in [0.1, 0.15) is 37.7 Å². The Balaban J connectivity index is 1.81. The second kappa shape index (κ2) is 10.4. The van der Waals surface area contributed by atoms with Gasteiger partial charge < -0.3 is 30.5 Å². The highest BCUT2D eigenvalue weighted by molar-refractivity contribution is 9.11. The lowest BCUT2D eigenvalue weighted by atomic mass is 9.94. The molecule has 1 aliphatic heterocycles. The molecule has 3 rings (SSSR count). The number of ether oxygens (including phenoxy) is 1. The van der Waals surface area contributed by atoms with Crippen LogP contribution in [0.25, 0.3) is 0 Å². The van der Waals surface area contributed by atoms with E-state index >= 15 is 0 Å². The summed E-state index contributed by atoms with van der Waals surface area (Å²) in [4.78, 5) is 2.35. The van der Waals surface area contributed by atoms with Gasteiger partial charge in [0.2, 0.25) is 0 Å². The summed E-state index contributed by atoms with van der Waals surface area (Å²) in [5, 5.41) is 43.1.